The van der Waals surface area contributed by atoms with E-state index in [0.29, 0.717) is 12.8 Å². The van der Waals surface area contributed by atoms with Gasteiger partial charge in [-0.25, -0.2) is 0 Å². The van der Waals surface area contributed by atoms with Crippen LogP contribution in [0.1, 0.15) is 206 Å². The van der Waals surface area contributed by atoms with Crippen molar-refractivity contribution in [3.63, 3.8) is 0 Å². The number of carbonyl (C=O) groups is 1. The fourth-order valence-electron chi connectivity index (χ4n) is 10.2. The fourth-order valence-corrected chi connectivity index (χ4v) is 10.2. The summed E-state index contributed by atoms with van der Waals surface area (Å²) in [5, 5.41) is 119. The van der Waals surface area contributed by atoms with E-state index in [1.165, 1.54) is 148 Å². The third kappa shape index (κ3) is 24.1. The van der Waals surface area contributed by atoms with Crippen LogP contribution in [0.4, 0.5) is 0 Å². The maximum Gasteiger partial charge on any atom is 0.220 e. The number of carbonyl (C=O) groups excluding carboxylic acids is 1. The van der Waals surface area contributed by atoms with Gasteiger partial charge in [-0.15, -0.1) is 0 Å². The summed E-state index contributed by atoms with van der Waals surface area (Å²) in [6.45, 7) is 1.43. The zero-order valence-electron chi connectivity index (χ0n) is 44.6. The van der Waals surface area contributed by atoms with Gasteiger partial charge in [0.25, 0.3) is 0 Å². The van der Waals surface area contributed by atoms with E-state index < -0.39 is 124 Å². The minimum atomic E-state index is -1.97. The van der Waals surface area contributed by atoms with E-state index in [1.54, 1.807) is 0 Å². The predicted molar refractivity (Wildman–Crippen MR) is 273 cm³/mol. The van der Waals surface area contributed by atoms with Gasteiger partial charge in [0.1, 0.15) is 73.2 Å². The van der Waals surface area contributed by atoms with Crippen molar-refractivity contribution in [1.82, 2.24) is 5.32 Å². The molecule has 0 aromatic heterocycles. The Hall–Kier alpha value is -1.21. The van der Waals surface area contributed by atoms with Crippen LogP contribution in [0.25, 0.3) is 0 Å². The molecule has 19 heteroatoms. The van der Waals surface area contributed by atoms with Crippen molar-refractivity contribution in [3.05, 3.63) is 0 Å². The number of hydrogen-bond donors (Lipinski definition) is 12. The summed E-state index contributed by atoms with van der Waals surface area (Å²) < 4.78 is 33.9. The number of ether oxygens (including phenoxy) is 6. The molecule has 0 aromatic rings. The first kappa shape index (κ1) is 66.1. The largest absolute Gasteiger partial charge is 0.394 e. The normalized spacial score (nSPS) is 31.7. The number of nitrogens with one attached hydrogen (secondary N) is 1. The highest BCUT2D eigenvalue weighted by Gasteiger charge is 2.53. The molecule has 0 aliphatic carbocycles. The number of rotatable bonds is 42. The van der Waals surface area contributed by atoms with Crippen molar-refractivity contribution in [2.75, 3.05) is 26.4 Å². The van der Waals surface area contributed by atoms with Crippen LogP contribution in [0.3, 0.4) is 0 Å². The Morgan fingerprint density at radius 1 is 0.438 bits per heavy atom. The lowest BCUT2D eigenvalue weighted by molar-refractivity contribution is -0.379. The number of amides is 1. The SMILES string of the molecule is CCCCCCCCCCCCCCCCCCCCCCCCCCCCCC(O)C(COC1OC(CO)C(OC2OC(CO)C(OC3OC(CO)C(O)C(O)C3O)C(O)C2O)C(O)C1O)NC(=O)CCC. The van der Waals surface area contributed by atoms with Crippen molar-refractivity contribution >= 4 is 5.91 Å². The van der Waals surface area contributed by atoms with Crippen LogP contribution in [0.5, 0.6) is 0 Å². The topological polar surface area (TPSA) is 307 Å². The molecule has 0 spiro atoms. The highest BCUT2D eigenvalue weighted by atomic mass is 16.8. The molecule has 17 atom stereocenters. The molecule has 3 rings (SSSR count). The van der Waals surface area contributed by atoms with E-state index in [9.17, 15) is 61.0 Å². The number of hydrogen-bond acceptors (Lipinski definition) is 18. The summed E-state index contributed by atoms with van der Waals surface area (Å²) in [7, 11) is 0. The van der Waals surface area contributed by atoms with Gasteiger partial charge >= 0.3 is 0 Å². The van der Waals surface area contributed by atoms with Crippen molar-refractivity contribution in [3.8, 4) is 0 Å². The van der Waals surface area contributed by atoms with Gasteiger partial charge < -0.3 is 89.9 Å². The smallest absolute Gasteiger partial charge is 0.220 e. The Labute approximate surface area is 436 Å². The second-order valence-corrected chi connectivity index (χ2v) is 21.1. The van der Waals surface area contributed by atoms with Gasteiger partial charge in [-0.05, 0) is 12.8 Å². The first-order chi connectivity index (χ1) is 35.3. The van der Waals surface area contributed by atoms with Crippen LogP contribution < -0.4 is 5.32 Å². The molecule has 0 bridgehead atoms. The molecule has 0 saturated carbocycles. The Bertz CT molecular complexity index is 1350. The minimum absolute atomic E-state index is 0.219. The second kappa shape index (κ2) is 39.2. The summed E-state index contributed by atoms with van der Waals surface area (Å²) in [5.41, 5.74) is 0. The Balaban J connectivity index is 1.30. The molecular weight excluding hydrogens is 951 g/mol. The van der Waals surface area contributed by atoms with Crippen LogP contribution in [0.15, 0.2) is 0 Å². The molecule has 3 aliphatic rings. The average molecular weight is 1050 g/mol. The number of aliphatic hydroxyl groups excluding tert-OH is 11. The van der Waals surface area contributed by atoms with Gasteiger partial charge in [-0.1, -0.05) is 187 Å². The summed E-state index contributed by atoms with van der Waals surface area (Å²) in [5.74, 6) is -0.294. The Morgan fingerprint density at radius 3 is 1.16 bits per heavy atom. The van der Waals surface area contributed by atoms with Crippen molar-refractivity contribution in [2.45, 2.75) is 311 Å². The minimum Gasteiger partial charge on any atom is -0.394 e. The van der Waals surface area contributed by atoms with E-state index >= 15 is 0 Å². The lowest BCUT2D eigenvalue weighted by atomic mass is 9.96. The van der Waals surface area contributed by atoms with Gasteiger partial charge in [0, 0.05) is 6.42 Å². The van der Waals surface area contributed by atoms with E-state index in [1.807, 2.05) is 6.92 Å². The van der Waals surface area contributed by atoms with Crippen LogP contribution in [0.2, 0.25) is 0 Å². The summed E-state index contributed by atoms with van der Waals surface area (Å²) >= 11 is 0. The van der Waals surface area contributed by atoms with Crippen LogP contribution >= 0.6 is 0 Å². The molecule has 1 amide bonds. The molecular formula is C54H103NO18. The summed E-state index contributed by atoms with van der Waals surface area (Å²) in [6.07, 6.45) is 10.0. The van der Waals surface area contributed by atoms with Crippen molar-refractivity contribution in [1.29, 1.82) is 0 Å². The quantitative estimate of drug-likeness (QED) is 0.0384. The van der Waals surface area contributed by atoms with Crippen LogP contribution in [0, 0.1) is 0 Å². The molecule has 3 aliphatic heterocycles. The summed E-state index contributed by atoms with van der Waals surface area (Å²) in [6, 6.07) is -0.876. The third-order valence-electron chi connectivity index (χ3n) is 14.9. The average Bonchev–Trinajstić information content (AvgIpc) is 3.38. The highest BCUT2D eigenvalue weighted by Crippen LogP contribution is 2.33. The van der Waals surface area contributed by atoms with Crippen molar-refractivity contribution in [2.24, 2.45) is 0 Å². The number of aliphatic hydroxyl groups is 11. The second-order valence-electron chi connectivity index (χ2n) is 21.1. The standard InChI is InChI=1S/C54H103NO18/c1-3-5-6-7-8-9-10-11-12-13-14-15-16-17-18-19-20-21-22-23-24-25-26-27-28-29-30-32-38(59)37(55-42(60)31-4-2)36-68-52-48(66)45(63)50(40(34-57)70-52)73-54-49(67)46(64)51(41(35-58)71-54)72-53-47(65)44(62)43(61)39(33-56)69-53/h37-41,43-54,56-59,61-67H,3-36H2,1-2H3,(H,55,60). The van der Waals surface area contributed by atoms with Gasteiger partial charge in [-0.3, -0.25) is 4.79 Å². The molecule has 12 N–H and O–H groups in total. The molecule has 0 aromatic carbocycles. The Morgan fingerprint density at radius 2 is 0.781 bits per heavy atom. The third-order valence-corrected chi connectivity index (χ3v) is 14.9. The molecule has 0 radical (unpaired) electrons. The van der Waals surface area contributed by atoms with Gasteiger partial charge in [-0.2, -0.15) is 0 Å². The van der Waals surface area contributed by atoms with Crippen LogP contribution in [-0.4, -0.2) is 193 Å². The molecule has 3 heterocycles. The maximum atomic E-state index is 12.7. The van der Waals surface area contributed by atoms with E-state index in [2.05, 4.69) is 12.2 Å². The van der Waals surface area contributed by atoms with Gasteiger partial charge in [0.15, 0.2) is 18.9 Å². The summed E-state index contributed by atoms with van der Waals surface area (Å²) in [4.78, 5) is 12.7. The lowest BCUT2D eigenvalue weighted by Gasteiger charge is -2.48. The zero-order chi connectivity index (χ0) is 53.4. The number of unbranched alkanes of at least 4 members (excludes halogenated alkanes) is 26. The first-order valence-corrected chi connectivity index (χ1v) is 28.8. The molecule has 432 valence electrons. The highest BCUT2D eigenvalue weighted by molar-refractivity contribution is 5.76. The molecule has 19 nitrogen and oxygen atoms in total. The van der Waals surface area contributed by atoms with Crippen molar-refractivity contribution < 1.29 is 89.4 Å². The lowest BCUT2D eigenvalue weighted by Crippen LogP contribution is -2.66. The van der Waals surface area contributed by atoms with E-state index in [0.717, 1.165) is 25.7 Å². The van der Waals surface area contributed by atoms with Crippen LogP contribution in [-0.2, 0) is 33.2 Å². The maximum absolute atomic E-state index is 12.7. The van der Waals surface area contributed by atoms with E-state index in [4.69, 9.17) is 28.4 Å². The molecule has 3 fully saturated rings. The molecule has 73 heavy (non-hydrogen) atoms. The monoisotopic (exact) mass is 1050 g/mol. The predicted octanol–water partition coefficient (Wildman–Crippen LogP) is 4.04. The zero-order valence-corrected chi connectivity index (χ0v) is 44.6. The molecule has 3 saturated heterocycles. The van der Waals surface area contributed by atoms with Gasteiger partial charge in [0.05, 0.1) is 38.6 Å². The fraction of sp³-hybridized carbons (Fsp3) is 0.981. The first-order valence-electron chi connectivity index (χ1n) is 28.8. The Kier molecular flexibility index (Phi) is 35.5. The molecule has 17 unspecified atom stereocenters. The van der Waals surface area contributed by atoms with E-state index in [-0.39, 0.29) is 18.9 Å². The van der Waals surface area contributed by atoms with Gasteiger partial charge in [0.2, 0.25) is 5.91 Å².